The first kappa shape index (κ1) is 22.7. The van der Waals surface area contributed by atoms with Crippen LogP contribution in [-0.2, 0) is 4.74 Å². The second kappa shape index (κ2) is 10.5. The number of hydrogen-bond acceptors (Lipinski definition) is 8. The maximum absolute atomic E-state index is 6.07. The Hall–Kier alpha value is -4.04. The van der Waals surface area contributed by atoms with Gasteiger partial charge >= 0.3 is 0 Å². The van der Waals surface area contributed by atoms with Crippen LogP contribution in [0.15, 0.2) is 73.2 Å². The Labute approximate surface area is 205 Å². The minimum atomic E-state index is 0.220. The lowest BCUT2D eigenvalue weighted by molar-refractivity contribution is 0.0256. The topological polar surface area (TPSA) is 85.3 Å². The first-order valence-corrected chi connectivity index (χ1v) is 11.7. The standard InChI is InChI=1S/C27H28N6O2/c1-33(2)26-10-5-20(17-30-26)24-9-6-21(18-29-24)31-27-28-14-11-25(32-27)19-3-7-22(8-4-19)35-23-12-15-34-16-13-23/h3-11,14,17-18,23H,12-13,15-16H2,1-2H3,(H,28,31,32). The molecule has 1 fully saturated rings. The van der Waals surface area contributed by atoms with Crippen LogP contribution < -0.4 is 15.0 Å². The van der Waals surface area contributed by atoms with Crippen molar-refractivity contribution in [1.29, 1.82) is 0 Å². The van der Waals surface area contributed by atoms with Crippen LogP contribution in [0.2, 0.25) is 0 Å². The van der Waals surface area contributed by atoms with E-state index in [-0.39, 0.29) is 6.10 Å². The van der Waals surface area contributed by atoms with Gasteiger partial charge in [-0.2, -0.15) is 0 Å². The van der Waals surface area contributed by atoms with Crippen LogP contribution in [0.1, 0.15) is 12.8 Å². The molecule has 1 aromatic carbocycles. The number of anilines is 3. The number of nitrogens with one attached hydrogen (secondary N) is 1. The fraction of sp³-hybridized carbons (Fsp3) is 0.259. The molecule has 0 saturated carbocycles. The van der Waals surface area contributed by atoms with E-state index in [0.29, 0.717) is 5.95 Å². The van der Waals surface area contributed by atoms with Gasteiger partial charge in [0, 0.05) is 50.5 Å². The number of benzene rings is 1. The molecule has 0 spiro atoms. The number of hydrogen-bond donors (Lipinski definition) is 1. The van der Waals surface area contributed by atoms with E-state index >= 15 is 0 Å². The predicted octanol–water partition coefficient (Wildman–Crippen LogP) is 4.97. The summed E-state index contributed by atoms with van der Waals surface area (Å²) >= 11 is 0. The zero-order chi connectivity index (χ0) is 24.0. The highest BCUT2D eigenvalue weighted by Gasteiger charge is 2.15. The third-order valence-electron chi connectivity index (χ3n) is 5.80. The summed E-state index contributed by atoms with van der Waals surface area (Å²) in [7, 11) is 3.94. The summed E-state index contributed by atoms with van der Waals surface area (Å²) in [4.78, 5) is 20.0. The van der Waals surface area contributed by atoms with Gasteiger partial charge in [-0.1, -0.05) is 0 Å². The average molecular weight is 469 g/mol. The van der Waals surface area contributed by atoms with E-state index < -0.39 is 0 Å². The maximum Gasteiger partial charge on any atom is 0.227 e. The van der Waals surface area contributed by atoms with Gasteiger partial charge in [-0.25, -0.2) is 15.0 Å². The quantitative estimate of drug-likeness (QED) is 0.407. The molecule has 8 nitrogen and oxygen atoms in total. The van der Waals surface area contributed by atoms with E-state index in [2.05, 4.69) is 25.3 Å². The molecular formula is C27H28N6O2. The molecule has 0 atom stereocenters. The van der Waals surface area contributed by atoms with Crippen molar-refractivity contribution >= 4 is 17.5 Å². The van der Waals surface area contributed by atoms with Crippen LogP contribution in [0.5, 0.6) is 5.75 Å². The summed E-state index contributed by atoms with van der Waals surface area (Å²) in [5.74, 6) is 2.29. The lowest BCUT2D eigenvalue weighted by atomic mass is 10.1. The molecule has 4 heterocycles. The van der Waals surface area contributed by atoms with Crippen molar-refractivity contribution in [2.24, 2.45) is 0 Å². The minimum absolute atomic E-state index is 0.220. The van der Waals surface area contributed by atoms with Crippen LogP contribution in [0.4, 0.5) is 17.5 Å². The van der Waals surface area contributed by atoms with Crippen molar-refractivity contribution in [2.75, 3.05) is 37.5 Å². The van der Waals surface area contributed by atoms with E-state index in [9.17, 15) is 0 Å². The van der Waals surface area contributed by atoms with Crippen molar-refractivity contribution < 1.29 is 9.47 Å². The monoisotopic (exact) mass is 468 g/mol. The SMILES string of the molecule is CN(C)c1ccc(-c2ccc(Nc3nccc(-c4ccc(OC5CCOCC5)cc4)n3)cn2)cn1. The molecule has 0 amide bonds. The Morgan fingerprint density at radius 1 is 0.829 bits per heavy atom. The molecule has 1 saturated heterocycles. The summed E-state index contributed by atoms with van der Waals surface area (Å²) in [6.07, 6.45) is 7.43. The second-order valence-electron chi connectivity index (χ2n) is 8.58. The van der Waals surface area contributed by atoms with Gasteiger partial charge in [-0.05, 0) is 54.6 Å². The molecule has 0 unspecified atom stereocenters. The summed E-state index contributed by atoms with van der Waals surface area (Å²) in [5.41, 5.74) is 4.45. The number of nitrogens with zero attached hydrogens (tertiary/aromatic N) is 5. The lowest BCUT2D eigenvalue weighted by Gasteiger charge is -2.23. The summed E-state index contributed by atoms with van der Waals surface area (Å²) in [6, 6.07) is 17.8. The molecule has 1 N–H and O–H groups in total. The minimum Gasteiger partial charge on any atom is -0.490 e. The molecule has 0 aliphatic carbocycles. The summed E-state index contributed by atoms with van der Waals surface area (Å²) in [5, 5.41) is 3.24. The molecule has 1 aliphatic heterocycles. The van der Waals surface area contributed by atoms with Crippen LogP contribution in [0.3, 0.4) is 0 Å². The van der Waals surface area contributed by atoms with Gasteiger partial charge < -0.3 is 19.7 Å². The molecule has 8 heteroatoms. The van der Waals surface area contributed by atoms with Crippen molar-refractivity contribution in [2.45, 2.75) is 18.9 Å². The van der Waals surface area contributed by atoms with E-state index in [4.69, 9.17) is 9.47 Å². The zero-order valence-corrected chi connectivity index (χ0v) is 19.9. The highest BCUT2D eigenvalue weighted by molar-refractivity contribution is 5.65. The van der Waals surface area contributed by atoms with Gasteiger partial charge in [0.2, 0.25) is 5.95 Å². The predicted molar refractivity (Wildman–Crippen MR) is 137 cm³/mol. The molecule has 3 aromatic heterocycles. The van der Waals surface area contributed by atoms with Crippen molar-refractivity contribution in [3.63, 3.8) is 0 Å². The fourth-order valence-corrected chi connectivity index (χ4v) is 3.84. The number of ether oxygens (including phenoxy) is 2. The first-order chi connectivity index (χ1) is 17.1. The Morgan fingerprint density at radius 3 is 2.31 bits per heavy atom. The Morgan fingerprint density at radius 2 is 1.63 bits per heavy atom. The first-order valence-electron chi connectivity index (χ1n) is 11.7. The molecule has 178 valence electrons. The van der Waals surface area contributed by atoms with Crippen molar-refractivity contribution in [3.05, 3.63) is 73.2 Å². The smallest absolute Gasteiger partial charge is 0.227 e. The largest absolute Gasteiger partial charge is 0.490 e. The summed E-state index contributed by atoms with van der Waals surface area (Å²) < 4.78 is 11.5. The van der Waals surface area contributed by atoms with Gasteiger partial charge in [-0.15, -0.1) is 0 Å². The fourth-order valence-electron chi connectivity index (χ4n) is 3.84. The Bertz CT molecular complexity index is 1240. The highest BCUT2D eigenvalue weighted by atomic mass is 16.5. The van der Waals surface area contributed by atoms with Crippen molar-refractivity contribution in [1.82, 2.24) is 19.9 Å². The van der Waals surface area contributed by atoms with Gasteiger partial charge in [0.15, 0.2) is 0 Å². The molecule has 4 aromatic rings. The van der Waals surface area contributed by atoms with Gasteiger partial charge in [0.05, 0.1) is 36.5 Å². The Kier molecular flexibility index (Phi) is 6.81. The van der Waals surface area contributed by atoms with E-state index in [1.807, 2.05) is 79.8 Å². The number of rotatable bonds is 7. The molecule has 0 bridgehead atoms. The third kappa shape index (κ3) is 5.73. The van der Waals surface area contributed by atoms with Gasteiger partial charge in [0.25, 0.3) is 0 Å². The second-order valence-corrected chi connectivity index (χ2v) is 8.58. The Balaban J connectivity index is 1.24. The van der Waals surface area contributed by atoms with Crippen LogP contribution in [0.25, 0.3) is 22.5 Å². The average Bonchev–Trinajstić information content (AvgIpc) is 2.90. The maximum atomic E-state index is 6.07. The number of pyridine rings is 2. The number of aromatic nitrogens is 4. The zero-order valence-electron chi connectivity index (χ0n) is 19.9. The molecule has 5 rings (SSSR count). The molecule has 1 aliphatic rings. The van der Waals surface area contributed by atoms with Gasteiger partial charge in [-0.3, -0.25) is 4.98 Å². The van der Waals surface area contributed by atoms with Crippen molar-refractivity contribution in [3.8, 4) is 28.3 Å². The van der Waals surface area contributed by atoms with E-state index in [1.165, 1.54) is 0 Å². The molecule has 35 heavy (non-hydrogen) atoms. The van der Waals surface area contributed by atoms with Crippen LogP contribution >= 0.6 is 0 Å². The molecule has 0 radical (unpaired) electrons. The normalized spacial score (nSPS) is 13.9. The van der Waals surface area contributed by atoms with E-state index in [1.54, 1.807) is 12.4 Å². The molecular weight excluding hydrogens is 440 g/mol. The lowest BCUT2D eigenvalue weighted by Crippen LogP contribution is -2.25. The van der Waals surface area contributed by atoms with E-state index in [0.717, 1.165) is 65.8 Å². The van der Waals surface area contributed by atoms with Crippen LogP contribution in [0, 0.1) is 0 Å². The highest BCUT2D eigenvalue weighted by Crippen LogP contribution is 2.25. The third-order valence-corrected chi connectivity index (χ3v) is 5.80. The van der Waals surface area contributed by atoms with Crippen LogP contribution in [-0.4, -0.2) is 53.3 Å². The van der Waals surface area contributed by atoms with Gasteiger partial charge in [0.1, 0.15) is 17.7 Å². The summed E-state index contributed by atoms with van der Waals surface area (Å²) in [6.45, 7) is 1.53.